The lowest BCUT2D eigenvalue weighted by molar-refractivity contribution is -0.173. The van der Waals surface area contributed by atoms with E-state index in [1.54, 1.807) is 4.90 Å². The number of hydrogen-bond acceptors (Lipinski definition) is 4. The molecule has 6 nitrogen and oxygen atoms in total. The Labute approximate surface area is 219 Å². The number of rotatable bonds is 3. The Morgan fingerprint density at radius 1 is 0.921 bits per heavy atom. The molecule has 4 saturated carbocycles. The van der Waals surface area contributed by atoms with Crippen LogP contribution in [0.3, 0.4) is 0 Å². The summed E-state index contributed by atoms with van der Waals surface area (Å²) in [5.41, 5.74) is 0.878. The van der Waals surface area contributed by atoms with E-state index in [0.29, 0.717) is 18.7 Å². The fourth-order valence-electron chi connectivity index (χ4n) is 8.59. The number of piperazine rings is 1. The first-order chi connectivity index (χ1) is 18.2. The number of benzene rings is 1. The highest BCUT2D eigenvalue weighted by Gasteiger charge is 2.54. The van der Waals surface area contributed by atoms with Gasteiger partial charge >= 0.3 is 6.18 Å². The molecule has 38 heavy (non-hydrogen) atoms. The van der Waals surface area contributed by atoms with E-state index in [1.165, 1.54) is 68.9 Å². The van der Waals surface area contributed by atoms with Gasteiger partial charge in [0.15, 0.2) is 11.7 Å². The molecule has 2 aromatic rings. The lowest BCUT2D eigenvalue weighted by Crippen LogP contribution is -2.64. The smallest absolute Gasteiger partial charge is 0.363 e. The van der Waals surface area contributed by atoms with Gasteiger partial charge in [-0.3, -0.25) is 9.69 Å². The maximum Gasteiger partial charge on any atom is 0.410 e. The van der Waals surface area contributed by atoms with E-state index < -0.39 is 24.1 Å². The maximum atomic E-state index is 14.0. The minimum atomic E-state index is -4.54. The van der Waals surface area contributed by atoms with Crippen molar-refractivity contribution in [2.75, 3.05) is 31.5 Å². The molecule has 5 fully saturated rings. The molecule has 4 bridgehead atoms. The normalized spacial score (nSPS) is 34.7. The Morgan fingerprint density at radius 2 is 1.53 bits per heavy atom. The van der Waals surface area contributed by atoms with Gasteiger partial charge in [0.05, 0.1) is 6.04 Å². The molecule has 10 heteroatoms. The first-order valence-electron chi connectivity index (χ1n) is 13.9. The van der Waals surface area contributed by atoms with Crippen LogP contribution in [-0.4, -0.2) is 63.4 Å². The van der Waals surface area contributed by atoms with Crippen molar-refractivity contribution in [2.45, 2.75) is 68.7 Å². The van der Waals surface area contributed by atoms with Crippen LogP contribution < -0.4 is 5.32 Å². The maximum absolute atomic E-state index is 14.0. The Bertz CT molecular complexity index is 1180. The lowest BCUT2D eigenvalue weighted by atomic mass is 9.52. The first kappa shape index (κ1) is 24.4. The Kier molecular flexibility index (Phi) is 5.59. The molecule has 4 aliphatic carbocycles. The van der Waals surface area contributed by atoms with Gasteiger partial charge in [0.2, 0.25) is 0 Å². The highest BCUT2D eigenvalue weighted by Crippen LogP contribution is 2.58. The lowest BCUT2D eigenvalue weighted by Gasteiger charge is -2.61. The molecule has 0 radical (unpaired) electrons. The van der Waals surface area contributed by atoms with Crippen molar-refractivity contribution in [2.24, 2.45) is 17.8 Å². The number of carbonyl (C=O) groups excluding carboxylic acids is 1. The minimum Gasteiger partial charge on any atom is -0.363 e. The van der Waals surface area contributed by atoms with Gasteiger partial charge in [0, 0.05) is 44.2 Å². The van der Waals surface area contributed by atoms with Crippen LogP contribution in [0.5, 0.6) is 0 Å². The zero-order valence-electron chi connectivity index (χ0n) is 21.3. The molecule has 1 saturated heterocycles. The van der Waals surface area contributed by atoms with E-state index in [-0.39, 0.29) is 29.4 Å². The van der Waals surface area contributed by atoms with E-state index in [0.717, 1.165) is 35.5 Å². The summed E-state index contributed by atoms with van der Waals surface area (Å²) in [7, 11) is 0. The van der Waals surface area contributed by atoms with Crippen LogP contribution in [0.25, 0.3) is 0 Å². The van der Waals surface area contributed by atoms with Gasteiger partial charge in [-0.1, -0.05) is 12.1 Å². The second-order valence-electron chi connectivity index (χ2n) is 12.3. The van der Waals surface area contributed by atoms with Gasteiger partial charge in [-0.2, -0.15) is 18.3 Å². The van der Waals surface area contributed by atoms with Crippen molar-refractivity contribution in [3.8, 4) is 0 Å². The fraction of sp³-hybridized carbons (Fsp3) is 0.643. The van der Waals surface area contributed by atoms with Gasteiger partial charge < -0.3 is 10.2 Å². The number of aromatic nitrogens is 2. The summed E-state index contributed by atoms with van der Waals surface area (Å²) < 4.78 is 56.4. The standard InChI is InChI=1S/C28H33F4N5O/c29-21-3-1-20(2-4-21)22-12-24(28(30,31)32)37-25(33-22)13-23(34-37)26(38)35-5-7-36(8-6-35)27-14-17-9-18(15-27)11-19(10-17)16-27/h1-4,13,17-19,22,24,33H,5-12,14-16H2/t17?,18?,19?,22-,24+,27?/m0/s1. The zero-order valence-corrected chi connectivity index (χ0v) is 21.3. The number of halogens is 4. The van der Waals surface area contributed by atoms with Crippen molar-refractivity contribution in [3.63, 3.8) is 0 Å². The first-order valence-corrected chi connectivity index (χ1v) is 13.9. The molecular weight excluding hydrogens is 498 g/mol. The van der Waals surface area contributed by atoms with Gasteiger partial charge in [-0.05, 0) is 74.0 Å². The number of nitrogens with zero attached hydrogens (tertiary/aromatic N) is 4. The minimum absolute atomic E-state index is 0.0322. The molecule has 3 heterocycles. The summed E-state index contributed by atoms with van der Waals surface area (Å²) in [6.07, 6.45) is 3.17. The summed E-state index contributed by atoms with van der Waals surface area (Å²) in [6, 6.07) is 4.35. The largest absolute Gasteiger partial charge is 0.410 e. The van der Waals surface area contributed by atoms with Crippen molar-refractivity contribution in [3.05, 3.63) is 47.4 Å². The van der Waals surface area contributed by atoms with Crippen LogP contribution in [0, 0.1) is 23.6 Å². The van der Waals surface area contributed by atoms with E-state index >= 15 is 0 Å². The predicted molar refractivity (Wildman–Crippen MR) is 133 cm³/mol. The number of hydrogen-bond donors (Lipinski definition) is 1. The summed E-state index contributed by atoms with van der Waals surface area (Å²) in [6.45, 7) is 2.75. The van der Waals surface area contributed by atoms with Gasteiger partial charge in [0.1, 0.15) is 11.6 Å². The molecular formula is C28H33F4N5O. The Hall–Kier alpha value is -2.62. The number of fused-ring (bicyclic) bond motifs is 1. The molecule has 0 unspecified atom stereocenters. The molecule has 8 rings (SSSR count). The second-order valence-corrected chi connectivity index (χ2v) is 12.3. The zero-order chi connectivity index (χ0) is 26.2. The number of carbonyl (C=O) groups is 1. The van der Waals surface area contributed by atoms with E-state index in [4.69, 9.17) is 0 Å². The second kappa shape index (κ2) is 8.69. The number of nitrogens with one attached hydrogen (secondary N) is 1. The van der Waals surface area contributed by atoms with Crippen molar-refractivity contribution in [1.82, 2.24) is 19.6 Å². The monoisotopic (exact) mass is 531 g/mol. The Balaban J connectivity index is 1.07. The summed E-state index contributed by atoms with van der Waals surface area (Å²) in [4.78, 5) is 17.8. The highest BCUT2D eigenvalue weighted by molar-refractivity contribution is 5.93. The number of anilines is 1. The van der Waals surface area contributed by atoms with Gasteiger partial charge in [0.25, 0.3) is 5.91 Å². The van der Waals surface area contributed by atoms with Gasteiger partial charge in [-0.15, -0.1) is 0 Å². The molecule has 1 amide bonds. The topological polar surface area (TPSA) is 53.4 Å². The fourth-order valence-corrected chi connectivity index (χ4v) is 8.59. The van der Waals surface area contributed by atoms with Crippen molar-refractivity contribution in [1.29, 1.82) is 0 Å². The summed E-state index contributed by atoms with van der Waals surface area (Å²) in [5, 5.41) is 7.25. The third-order valence-corrected chi connectivity index (χ3v) is 9.92. The summed E-state index contributed by atoms with van der Waals surface area (Å²) in [5.74, 6) is 1.95. The van der Waals surface area contributed by atoms with Crippen LogP contribution in [0.15, 0.2) is 30.3 Å². The van der Waals surface area contributed by atoms with Crippen LogP contribution >= 0.6 is 0 Å². The van der Waals surface area contributed by atoms with Crippen LogP contribution in [-0.2, 0) is 0 Å². The SMILES string of the molecule is O=C(c1cc2n(n1)[C@@H](C(F)(F)F)C[C@@H](c1ccc(F)cc1)N2)N1CCN(C23CC4CC(CC(C4)C2)C3)CC1. The van der Waals surface area contributed by atoms with E-state index in [2.05, 4.69) is 15.3 Å². The van der Waals surface area contributed by atoms with Gasteiger partial charge in [-0.25, -0.2) is 9.07 Å². The molecule has 1 aromatic carbocycles. The van der Waals surface area contributed by atoms with Crippen LogP contribution in [0.2, 0.25) is 0 Å². The number of alkyl halides is 3. The van der Waals surface area contributed by atoms with Crippen LogP contribution in [0.1, 0.15) is 73.1 Å². The Morgan fingerprint density at radius 3 is 2.11 bits per heavy atom. The highest BCUT2D eigenvalue weighted by atomic mass is 19.4. The van der Waals surface area contributed by atoms with Crippen LogP contribution in [0.4, 0.5) is 23.4 Å². The van der Waals surface area contributed by atoms with Crippen molar-refractivity contribution < 1.29 is 22.4 Å². The number of amides is 1. The van der Waals surface area contributed by atoms with E-state index in [9.17, 15) is 22.4 Å². The molecule has 1 aromatic heterocycles. The molecule has 0 spiro atoms. The quantitative estimate of drug-likeness (QED) is 0.539. The average Bonchev–Trinajstić information content (AvgIpc) is 3.31. The summed E-state index contributed by atoms with van der Waals surface area (Å²) >= 11 is 0. The molecule has 6 aliphatic rings. The third kappa shape index (κ3) is 4.10. The van der Waals surface area contributed by atoms with Crippen molar-refractivity contribution >= 4 is 11.7 Å². The third-order valence-electron chi connectivity index (χ3n) is 9.92. The van der Waals surface area contributed by atoms with E-state index in [1.807, 2.05) is 0 Å². The molecule has 204 valence electrons. The molecule has 2 atom stereocenters. The predicted octanol–water partition coefficient (Wildman–Crippen LogP) is 5.41. The molecule has 1 N–H and O–H groups in total. The average molecular weight is 532 g/mol. The molecule has 2 aliphatic heterocycles.